The number of carbonyl (C=O) groups is 2. The summed E-state index contributed by atoms with van der Waals surface area (Å²) in [6.45, 7) is 2.79. The highest BCUT2D eigenvalue weighted by molar-refractivity contribution is 5.84. The molecule has 15 heavy (non-hydrogen) atoms. The first-order valence-electron chi connectivity index (χ1n) is 4.50. The van der Waals surface area contributed by atoms with E-state index in [-0.39, 0.29) is 6.42 Å². The molecule has 3 N–H and O–H groups in total. The summed E-state index contributed by atoms with van der Waals surface area (Å²) in [7, 11) is 1.47. The molecule has 0 unspecified atom stereocenters. The smallest absolute Gasteiger partial charge is 0.328 e. The number of nitrogens with one attached hydrogen (secondary N) is 1. The average molecular weight is 219 g/mol. The Bertz CT molecular complexity index is 239. The van der Waals surface area contributed by atoms with Crippen LogP contribution in [0.5, 0.6) is 0 Å². The van der Waals surface area contributed by atoms with Crippen LogP contribution in [-0.4, -0.2) is 47.4 Å². The molecule has 0 aliphatic carbocycles. The van der Waals surface area contributed by atoms with Crippen molar-refractivity contribution in [2.75, 3.05) is 13.7 Å². The second-order valence-corrected chi connectivity index (χ2v) is 3.78. The molecule has 88 valence electrons. The minimum Gasteiger partial charge on any atom is -0.480 e. The van der Waals surface area contributed by atoms with Gasteiger partial charge in [0.25, 0.3) is 0 Å². The van der Waals surface area contributed by atoms with Crippen LogP contribution in [0.3, 0.4) is 0 Å². The maximum atomic E-state index is 11.3. The summed E-state index contributed by atoms with van der Waals surface area (Å²) in [5, 5.41) is 19.4. The molecule has 6 nitrogen and oxygen atoms in total. The van der Waals surface area contributed by atoms with E-state index in [1.807, 2.05) is 0 Å². The number of aliphatic carboxylic acids is 1. The van der Waals surface area contributed by atoms with Crippen LogP contribution in [0.1, 0.15) is 20.3 Å². The summed E-state index contributed by atoms with van der Waals surface area (Å²) in [6, 6.07) is -1.26. The highest BCUT2D eigenvalue weighted by Gasteiger charge is 2.24. The van der Waals surface area contributed by atoms with Gasteiger partial charge in [0.2, 0.25) is 5.91 Å². The van der Waals surface area contributed by atoms with Crippen molar-refractivity contribution in [2.24, 2.45) is 0 Å². The van der Waals surface area contributed by atoms with Crippen LogP contribution >= 0.6 is 0 Å². The van der Waals surface area contributed by atoms with Crippen LogP contribution in [-0.2, 0) is 14.3 Å². The molecule has 0 spiro atoms. The van der Waals surface area contributed by atoms with Crippen LogP contribution in [0.25, 0.3) is 0 Å². The molecule has 0 rings (SSSR count). The van der Waals surface area contributed by atoms with E-state index in [0.717, 1.165) is 0 Å². The minimum absolute atomic E-state index is 0.0350. The number of amides is 1. The maximum Gasteiger partial charge on any atom is 0.328 e. The largest absolute Gasteiger partial charge is 0.480 e. The Morgan fingerprint density at radius 1 is 1.47 bits per heavy atom. The molecule has 0 saturated heterocycles. The monoisotopic (exact) mass is 219 g/mol. The summed E-state index contributed by atoms with van der Waals surface area (Å²) in [4.78, 5) is 21.8. The number of aliphatic hydroxyl groups is 1. The molecule has 0 fully saturated rings. The second-order valence-electron chi connectivity index (χ2n) is 3.78. The Morgan fingerprint density at radius 2 is 2.00 bits per heavy atom. The number of carboxylic acid groups (broad SMARTS) is 1. The van der Waals surface area contributed by atoms with Gasteiger partial charge < -0.3 is 20.3 Å². The third-order valence-corrected chi connectivity index (χ3v) is 1.95. The molecule has 0 radical (unpaired) electrons. The Kier molecular flexibility index (Phi) is 5.24. The van der Waals surface area contributed by atoms with Crippen LogP contribution in [0.4, 0.5) is 0 Å². The van der Waals surface area contributed by atoms with Gasteiger partial charge in [0, 0.05) is 7.11 Å². The van der Waals surface area contributed by atoms with E-state index in [4.69, 9.17) is 14.9 Å². The molecular weight excluding hydrogens is 202 g/mol. The number of methoxy groups -OCH3 is 1. The van der Waals surface area contributed by atoms with E-state index in [9.17, 15) is 9.59 Å². The standard InChI is InChI=1S/C9H17NO5/c1-9(2,15-3)4-7(12)10-6(5-11)8(13)14/h6,11H,4-5H2,1-3H3,(H,10,12)(H,13,14)/t6-/m0/s1. The number of ether oxygens (including phenoxy) is 1. The lowest BCUT2D eigenvalue weighted by Gasteiger charge is -2.22. The number of hydrogen-bond donors (Lipinski definition) is 3. The number of rotatable bonds is 6. The third-order valence-electron chi connectivity index (χ3n) is 1.95. The zero-order chi connectivity index (χ0) is 12.1. The first-order valence-corrected chi connectivity index (χ1v) is 4.50. The fourth-order valence-electron chi connectivity index (χ4n) is 0.890. The number of hydrogen-bond acceptors (Lipinski definition) is 4. The van der Waals surface area contributed by atoms with E-state index < -0.39 is 30.1 Å². The predicted octanol–water partition coefficient (Wildman–Crippen LogP) is -0.637. The molecule has 0 aliphatic rings. The van der Waals surface area contributed by atoms with Crippen LogP contribution in [0, 0.1) is 0 Å². The van der Waals surface area contributed by atoms with Crippen molar-refractivity contribution in [3.63, 3.8) is 0 Å². The Morgan fingerprint density at radius 3 is 2.33 bits per heavy atom. The van der Waals surface area contributed by atoms with Crippen molar-refractivity contribution in [1.82, 2.24) is 5.32 Å². The van der Waals surface area contributed by atoms with Crippen molar-refractivity contribution in [3.05, 3.63) is 0 Å². The number of aliphatic hydroxyl groups excluding tert-OH is 1. The van der Waals surface area contributed by atoms with Gasteiger partial charge >= 0.3 is 5.97 Å². The average Bonchev–Trinajstić information content (AvgIpc) is 2.13. The fraction of sp³-hybridized carbons (Fsp3) is 0.778. The first-order chi connectivity index (χ1) is 6.82. The molecular formula is C9H17NO5. The highest BCUT2D eigenvalue weighted by Crippen LogP contribution is 2.12. The molecule has 1 amide bonds. The highest BCUT2D eigenvalue weighted by atomic mass is 16.5. The van der Waals surface area contributed by atoms with Gasteiger partial charge in [-0.15, -0.1) is 0 Å². The SMILES string of the molecule is COC(C)(C)CC(=O)N[C@@H](CO)C(=O)O. The predicted molar refractivity (Wildman–Crippen MR) is 52.4 cm³/mol. The summed E-state index contributed by atoms with van der Waals surface area (Å²) in [5.41, 5.74) is -0.650. The third kappa shape index (κ3) is 5.34. The van der Waals surface area contributed by atoms with Gasteiger partial charge in [-0.1, -0.05) is 0 Å². The molecule has 1 atom stereocenters. The molecule has 0 heterocycles. The molecule has 0 aromatic carbocycles. The summed E-state index contributed by atoms with van der Waals surface area (Å²) < 4.78 is 5.01. The van der Waals surface area contributed by atoms with E-state index in [1.54, 1.807) is 13.8 Å². The Balaban J connectivity index is 4.19. The van der Waals surface area contributed by atoms with Crippen LogP contribution in [0.2, 0.25) is 0 Å². The zero-order valence-electron chi connectivity index (χ0n) is 9.11. The van der Waals surface area contributed by atoms with Gasteiger partial charge in [0.1, 0.15) is 6.04 Å². The van der Waals surface area contributed by atoms with Gasteiger partial charge in [0.05, 0.1) is 18.6 Å². The second kappa shape index (κ2) is 5.67. The van der Waals surface area contributed by atoms with E-state index in [0.29, 0.717) is 0 Å². The lowest BCUT2D eigenvalue weighted by Crippen LogP contribution is -2.45. The topological polar surface area (TPSA) is 95.9 Å². The van der Waals surface area contributed by atoms with E-state index in [2.05, 4.69) is 5.32 Å². The molecule has 0 aromatic rings. The van der Waals surface area contributed by atoms with Gasteiger partial charge in [0.15, 0.2) is 0 Å². The lowest BCUT2D eigenvalue weighted by molar-refractivity contribution is -0.143. The van der Waals surface area contributed by atoms with Crippen LogP contribution in [0.15, 0.2) is 0 Å². The van der Waals surface area contributed by atoms with Crippen molar-refractivity contribution < 1.29 is 24.5 Å². The number of carboxylic acids is 1. The maximum absolute atomic E-state index is 11.3. The molecule has 6 heteroatoms. The van der Waals surface area contributed by atoms with Gasteiger partial charge in [-0.3, -0.25) is 4.79 Å². The first kappa shape index (κ1) is 13.9. The molecule has 0 saturated carbocycles. The molecule has 0 aliphatic heterocycles. The summed E-state index contributed by atoms with van der Waals surface area (Å²) in [6.07, 6.45) is 0.0350. The normalized spacial score (nSPS) is 13.3. The van der Waals surface area contributed by atoms with Gasteiger partial charge in [-0.05, 0) is 13.8 Å². The number of carbonyl (C=O) groups excluding carboxylic acids is 1. The van der Waals surface area contributed by atoms with Crippen LogP contribution < -0.4 is 5.32 Å². The summed E-state index contributed by atoms with van der Waals surface area (Å²) >= 11 is 0. The summed E-state index contributed by atoms with van der Waals surface area (Å²) in [5.74, 6) is -1.73. The van der Waals surface area contributed by atoms with E-state index in [1.165, 1.54) is 7.11 Å². The zero-order valence-corrected chi connectivity index (χ0v) is 9.11. The van der Waals surface area contributed by atoms with Gasteiger partial charge in [-0.2, -0.15) is 0 Å². The molecule has 0 aromatic heterocycles. The lowest BCUT2D eigenvalue weighted by atomic mass is 10.0. The van der Waals surface area contributed by atoms with Gasteiger partial charge in [-0.25, -0.2) is 4.79 Å². The molecule has 0 bridgehead atoms. The van der Waals surface area contributed by atoms with Crippen molar-refractivity contribution in [1.29, 1.82) is 0 Å². The Hall–Kier alpha value is -1.14. The van der Waals surface area contributed by atoms with Crippen molar-refractivity contribution in [3.8, 4) is 0 Å². The van der Waals surface area contributed by atoms with Crippen molar-refractivity contribution in [2.45, 2.75) is 31.9 Å². The Labute approximate surface area is 88.2 Å². The fourth-order valence-corrected chi connectivity index (χ4v) is 0.890. The minimum atomic E-state index is -1.26. The quantitative estimate of drug-likeness (QED) is 0.552. The van der Waals surface area contributed by atoms with E-state index >= 15 is 0 Å². The van der Waals surface area contributed by atoms with Crippen molar-refractivity contribution >= 4 is 11.9 Å².